The maximum atomic E-state index is 10.7. The predicted molar refractivity (Wildman–Crippen MR) is 72.8 cm³/mol. The largest absolute Gasteiger partial charge is 0.357 e. The Bertz CT molecular complexity index is 417. The minimum absolute atomic E-state index is 0.109. The summed E-state index contributed by atoms with van der Waals surface area (Å²) < 4.78 is 0. The van der Waals surface area contributed by atoms with E-state index in [9.17, 15) is 4.79 Å². The van der Waals surface area contributed by atoms with Gasteiger partial charge in [0, 0.05) is 20.5 Å². The van der Waals surface area contributed by atoms with E-state index >= 15 is 0 Å². The van der Waals surface area contributed by atoms with E-state index < -0.39 is 0 Å². The molecule has 0 aliphatic carbocycles. The van der Waals surface area contributed by atoms with Crippen LogP contribution in [0.3, 0.4) is 0 Å². The molecule has 1 aromatic rings. The van der Waals surface area contributed by atoms with Gasteiger partial charge < -0.3 is 5.32 Å². The minimum atomic E-state index is -0.109. The molecule has 1 aromatic carbocycles. The highest BCUT2D eigenvalue weighted by Gasteiger charge is 2.01. The van der Waals surface area contributed by atoms with Gasteiger partial charge in [-0.1, -0.05) is 30.3 Å². The molecule has 0 atom stereocenters. The molecule has 0 spiro atoms. The first-order valence-electron chi connectivity index (χ1n) is 5.19. The highest BCUT2D eigenvalue weighted by atomic mass is 32.1. The van der Waals surface area contributed by atoms with E-state index in [1.54, 1.807) is 7.05 Å². The summed E-state index contributed by atoms with van der Waals surface area (Å²) in [6.45, 7) is 2.08. The molecule has 0 radical (unpaired) electrons. The highest BCUT2D eigenvalue weighted by molar-refractivity contribution is 7.80. The van der Waals surface area contributed by atoms with Gasteiger partial charge in [-0.15, -0.1) is 0 Å². The van der Waals surface area contributed by atoms with Crippen molar-refractivity contribution >= 4 is 29.3 Å². The van der Waals surface area contributed by atoms with Crippen molar-refractivity contribution in [3.8, 4) is 0 Å². The Morgan fingerprint density at radius 1 is 1.47 bits per heavy atom. The van der Waals surface area contributed by atoms with Crippen LogP contribution in [-0.4, -0.2) is 29.2 Å². The fourth-order valence-electron chi connectivity index (χ4n) is 1.11. The van der Waals surface area contributed by atoms with E-state index in [0.29, 0.717) is 11.7 Å². The fourth-order valence-corrected chi connectivity index (χ4v) is 1.23. The van der Waals surface area contributed by atoms with Crippen molar-refractivity contribution < 1.29 is 4.79 Å². The molecule has 0 saturated carbocycles. The SMILES string of the molecule is CC(=O)/C=N/N(C)C(=S)NCc1ccccc1. The third kappa shape index (κ3) is 5.21. The van der Waals surface area contributed by atoms with Crippen molar-refractivity contribution in [2.24, 2.45) is 5.10 Å². The van der Waals surface area contributed by atoms with E-state index in [0.717, 1.165) is 5.56 Å². The van der Waals surface area contributed by atoms with Gasteiger partial charge in [0.1, 0.15) is 0 Å². The molecule has 4 nitrogen and oxygen atoms in total. The lowest BCUT2D eigenvalue weighted by molar-refractivity contribution is -0.110. The molecule has 0 aromatic heterocycles. The average molecular weight is 249 g/mol. The molecule has 0 aliphatic heterocycles. The standard InChI is InChI=1S/C12H15N3OS/c1-10(16)8-14-15(2)12(17)13-9-11-6-4-3-5-7-11/h3-8H,9H2,1-2H3,(H,13,17)/b14-8+. The predicted octanol–water partition coefficient (Wildman–Crippen LogP) is 1.57. The zero-order valence-electron chi connectivity index (χ0n) is 9.88. The van der Waals surface area contributed by atoms with Crippen molar-refractivity contribution in [2.45, 2.75) is 13.5 Å². The number of carbonyl (C=O) groups is 1. The molecule has 0 saturated heterocycles. The van der Waals surface area contributed by atoms with Gasteiger partial charge in [0.05, 0.1) is 6.21 Å². The van der Waals surface area contributed by atoms with Gasteiger partial charge in [-0.3, -0.25) is 4.79 Å². The van der Waals surface area contributed by atoms with Gasteiger partial charge >= 0.3 is 0 Å². The summed E-state index contributed by atoms with van der Waals surface area (Å²) in [7, 11) is 1.69. The number of ketones is 1. The molecule has 0 heterocycles. The third-order valence-corrected chi connectivity index (χ3v) is 2.40. The maximum absolute atomic E-state index is 10.7. The Morgan fingerprint density at radius 2 is 2.12 bits per heavy atom. The van der Waals surface area contributed by atoms with Gasteiger partial charge in [0.2, 0.25) is 0 Å². The monoisotopic (exact) mass is 249 g/mol. The van der Waals surface area contributed by atoms with E-state index in [-0.39, 0.29) is 5.78 Å². The van der Waals surface area contributed by atoms with Crippen LogP contribution in [0.4, 0.5) is 0 Å². The summed E-state index contributed by atoms with van der Waals surface area (Å²) in [5, 5.41) is 8.88. The Balaban J connectivity index is 2.42. The second-order valence-electron chi connectivity index (χ2n) is 3.52. The fraction of sp³-hybridized carbons (Fsp3) is 0.250. The molecule has 0 amide bonds. The Morgan fingerprint density at radius 3 is 2.71 bits per heavy atom. The lowest BCUT2D eigenvalue weighted by atomic mass is 10.2. The van der Waals surface area contributed by atoms with Crippen molar-refractivity contribution in [1.82, 2.24) is 10.3 Å². The third-order valence-electron chi connectivity index (χ3n) is 1.99. The maximum Gasteiger partial charge on any atom is 0.189 e. The smallest absolute Gasteiger partial charge is 0.189 e. The van der Waals surface area contributed by atoms with Crippen molar-refractivity contribution in [2.75, 3.05) is 7.05 Å². The Labute approximate surface area is 106 Å². The zero-order valence-corrected chi connectivity index (χ0v) is 10.7. The number of carbonyl (C=O) groups excluding carboxylic acids is 1. The van der Waals surface area contributed by atoms with Gasteiger partial charge in [-0.2, -0.15) is 5.10 Å². The number of nitrogens with one attached hydrogen (secondary N) is 1. The number of hydrazone groups is 1. The van der Waals surface area contributed by atoms with Crippen molar-refractivity contribution in [3.05, 3.63) is 35.9 Å². The van der Waals surface area contributed by atoms with Crippen LogP contribution in [0.15, 0.2) is 35.4 Å². The number of hydrogen-bond donors (Lipinski definition) is 1. The lowest BCUT2D eigenvalue weighted by Gasteiger charge is -2.15. The zero-order chi connectivity index (χ0) is 12.7. The molecule has 0 aliphatic rings. The first-order chi connectivity index (χ1) is 8.09. The van der Waals surface area contributed by atoms with Gasteiger partial charge in [-0.05, 0) is 17.8 Å². The summed E-state index contributed by atoms with van der Waals surface area (Å²) in [6, 6.07) is 9.92. The first kappa shape index (κ1) is 13.3. The molecule has 0 fully saturated rings. The topological polar surface area (TPSA) is 44.7 Å². The molecule has 1 rings (SSSR count). The summed E-state index contributed by atoms with van der Waals surface area (Å²) in [6.07, 6.45) is 1.23. The Hall–Kier alpha value is -1.75. The van der Waals surface area contributed by atoms with Crippen LogP contribution in [-0.2, 0) is 11.3 Å². The number of Topliss-reactive ketones (excluding diaryl/α,β-unsaturated/α-hetero) is 1. The Kier molecular flexibility index (Phi) is 5.29. The second-order valence-corrected chi connectivity index (χ2v) is 3.91. The summed E-state index contributed by atoms with van der Waals surface area (Å²) in [5.41, 5.74) is 1.14. The van der Waals surface area contributed by atoms with E-state index in [4.69, 9.17) is 12.2 Å². The number of benzene rings is 1. The number of hydrogen-bond acceptors (Lipinski definition) is 3. The molecule has 5 heteroatoms. The number of rotatable bonds is 4. The summed E-state index contributed by atoms with van der Waals surface area (Å²) >= 11 is 5.12. The quantitative estimate of drug-likeness (QED) is 0.500. The van der Waals surface area contributed by atoms with Gasteiger partial charge in [0.15, 0.2) is 10.9 Å². The van der Waals surface area contributed by atoms with Crippen molar-refractivity contribution in [1.29, 1.82) is 0 Å². The van der Waals surface area contributed by atoms with Crippen LogP contribution < -0.4 is 5.32 Å². The first-order valence-corrected chi connectivity index (χ1v) is 5.60. The molecule has 0 unspecified atom stereocenters. The molecular weight excluding hydrogens is 234 g/mol. The van der Waals surface area contributed by atoms with Crippen LogP contribution in [0.5, 0.6) is 0 Å². The summed E-state index contributed by atoms with van der Waals surface area (Å²) in [4.78, 5) is 10.7. The van der Waals surface area contributed by atoms with Gasteiger partial charge in [-0.25, -0.2) is 5.01 Å². The van der Waals surface area contributed by atoms with Crippen LogP contribution >= 0.6 is 12.2 Å². The van der Waals surface area contributed by atoms with Crippen LogP contribution in [0, 0.1) is 0 Å². The van der Waals surface area contributed by atoms with Crippen molar-refractivity contribution in [3.63, 3.8) is 0 Å². The number of nitrogens with zero attached hydrogens (tertiary/aromatic N) is 2. The molecule has 90 valence electrons. The van der Waals surface area contributed by atoms with Crippen LogP contribution in [0.25, 0.3) is 0 Å². The van der Waals surface area contributed by atoms with E-state index in [1.165, 1.54) is 18.1 Å². The van der Waals surface area contributed by atoms with E-state index in [1.807, 2.05) is 30.3 Å². The van der Waals surface area contributed by atoms with E-state index in [2.05, 4.69) is 10.4 Å². The average Bonchev–Trinajstić information content (AvgIpc) is 2.34. The minimum Gasteiger partial charge on any atom is -0.357 e. The normalized spacial score (nSPS) is 10.2. The van der Waals surface area contributed by atoms with Crippen LogP contribution in [0.1, 0.15) is 12.5 Å². The molecule has 0 bridgehead atoms. The molecule has 17 heavy (non-hydrogen) atoms. The molecular formula is C12H15N3OS. The van der Waals surface area contributed by atoms with Crippen LogP contribution in [0.2, 0.25) is 0 Å². The van der Waals surface area contributed by atoms with Gasteiger partial charge in [0.25, 0.3) is 0 Å². The molecule has 1 N–H and O–H groups in total. The number of thiocarbonyl (C=S) groups is 1. The summed E-state index contributed by atoms with van der Waals surface area (Å²) in [5.74, 6) is -0.109. The second kappa shape index (κ2) is 6.75. The lowest BCUT2D eigenvalue weighted by Crippen LogP contribution is -2.33. The highest BCUT2D eigenvalue weighted by Crippen LogP contribution is 1.98.